The van der Waals surface area contributed by atoms with E-state index in [2.05, 4.69) is 15.2 Å². The maximum absolute atomic E-state index is 13.0. The summed E-state index contributed by atoms with van der Waals surface area (Å²) in [5.41, 5.74) is 4.92. The molecule has 0 aromatic heterocycles. The first-order valence-electron chi connectivity index (χ1n) is 9.77. The molecule has 4 rings (SSSR count). The number of nitrogens with zero attached hydrogens (tertiary/aromatic N) is 3. The highest BCUT2D eigenvalue weighted by Gasteiger charge is 2.46. The summed E-state index contributed by atoms with van der Waals surface area (Å²) in [5, 5.41) is 2.60. The minimum absolute atomic E-state index is 0.109. The molecule has 1 aliphatic carbocycles. The fourth-order valence-corrected chi connectivity index (χ4v) is 5.05. The minimum Gasteiger partial charge on any atom is -0.370 e. The summed E-state index contributed by atoms with van der Waals surface area (Å²) in [5.74, 6) is 0.494. The molecule has 1 atom stereocenters. The number of guanidine groups is 1. The lowest BCUT2D eigenvalue weighted by Crippen LogP contribution is -2.53. The summed E-state index contributed by atoms with van der Waals surface area (Å²) < 4.78 is 0. The lowest BCUT2D eigenvalue weighted by molar-refractivity contribution is -0.141. The van der Waals surface area contributed by atoms with Gasteiger partial charge in [-0.2, -0.15) is 0 Å². The van der Waals surface area contributed by atoms with Crippen molar-refractivity contribution in [2.24, 2.45) is 16.6 Å². The van der Waals surface area contributed by atoms with Crippen molar-refractivity contribution in [1.82, 2.24) is 15.1 Å². The topological polar surface area (TPSA) is 91.0 Å². The SMILES string of the molecule is NC1=NC2(CCN(C(=O)C3CCCN(C4CCCC4)C3)CC2)C(=O)N1. The number of nitrogens with one attached hydrogen (secondary N) is 1. The zero-order valence-electron chi connectivity index (χ0n) is 14.9. The first kappa shape index (κ1) is 16.8. The summed E-state index contributed by atoms with van der Waals surface area (Å²) in [6, 6.07) is 0.694. The van der Waals surface area contributed by atoms with Crippen molar-refractivity contribution in [2.45, 2.75) is 62.9 Å². The van der Waals surface area contributed by atoms with E-state index in [0.29, 0.717) is 32.0 Å². The van der Waals surface area contributed by atoms with Crippen LogP contribution in [0, 0.1) is 5.92 Å². The molecular weight excluding hydrogens is 318 g/mol. The van der Waals surface area contributed by atoms with Crippen molar-refractivity contribution in [2.75, 3.05) is 26.2 Å². The minimum atomic E-state index is -0.733. The number of nitrogens with two attached hydrogens (primary N) is 1. The quantitative estimate of drug-likeness (QED) is 0.759. The van der Waals surface area contributed by atoms with E-state index in [9.17, 15) is 9.59 Å². The fourth-order valence-electron chi connectivity index (χ4n) is 5.05. The number of amides is 2. The van der Waals surface area contributed by atoms with Crippen molar-refractivity contribution >= 4 is 17.8 Å². The van der Waals surface area contributed by atoms with Crippen molar-refractivity contribution in [3.05, 3.63) is 0 Å². The number of hydrogen-bond acceptors (Lipinski definition) is 5. The molecule has 138 valence electrons. The van der Waals surface area contributed by atoms with Crippen LogP contribution in [0.3, 0.4) is 0 Å². The molecular formula is C18H29N5O2. The summed E-state index contributed by atoms with van der Waals surface area (Å²) in [6.45, 7) is 3.26. The molecule has 1 saturated carbocycles. The number of rotatable bonds is 2. The Morgan fingerprint density at radius 3 is 2.48 bits per heavy atom. The monoisotopic (exact) mass is 347 g/mol. The van der Waals surface area contributed by atoms with Gasteiger partial charge in [0.1, 0.15) is 5.54 Å². The van der Waals surface area contributed by atoms with Crippen LogP contribution in [0.2, 0.25) is 0 Å². The van der Waals surface area contributed by atoms with E-state index >= 15 is 0 Å². The van der Waals surface area contributed by atoms with Gasteiger partial charge >= 0.3 is 0 Å². The average Bonchev–Trinajstić information content (AvgIpc) is 3.24. The average molecular weight is 347 g/mol. The van der Waals surface area contributed by atoms with E-state index in [1.165, 1.54) is 25.7 Å². The number of carbonyl (C=O) groups excluding carboxylic acids is 2. The highest BCUT2D eigenvalue weighted by atomic mass is 16.2. The smallest absolute Gasteiger partial charge is 0.254 e. The second-order valence-corrected chi connectivity index (χ2v) is 8.08. The van der Waals surface area contributed by atoms with Gasteiger partial charge in [-0.1, -0.05) is 12.8 Å². The lowest BCUT2D eigenvalue weighted by atomic mass is 9.86. The third kappa shape index (κ3) is 3.14. The molecule has 0 aromatic carbocycles. The first-order valence-corrected chi connectivity index (χ1v) is 9.77. The Morgan fingerprint density at radius 2 is 1.84 bits per heavy atom. The van der Waals surface area contributed by atoms with E-state index in [1.54, 1.807) is 0 Å². The standard InChI is InChI=1S/C18H29N5O2/c19-17-20-16(25)18(21-17)7-10-22(11-8-18)15(24)13-4-3-9-23(12-13)14-5-1-2-6-14/h13-14H,1-12H2,(H3,19,20,21,25). The molecule has 1 spiro atoms. The Labute approximate surface area is 149 Å². The van der Waals surface area contributed by atoms with E-state index in [1.807, 2.05) is 4.90 Å². The number of hydrogen-bond donors (Lipinski definition) is 2. The second kappa shape index (κ2) is 6.59. The van der Waals surface area contributed by atoms with Gasteiger partial charge in [-0.25, -0.2) is 4.99 Å². The molecule has 3 fully saturated rings. The van der Waals surface area contributed by atoms with E-state index in [-0.39, 0.29) is 23.7 Å². The van der Waals surface area contributed by atoms with Gasteiger partial charge in [0.15, 0.2) is 5.96 Å². The van der Waals surface area contributed by atoms with Crippen LogP contribution in [0.4, 0.5) is 0 Å². The summed E-state index contributed by atoms with van der Waals surface area (Å²) >= 11 is 0. The van der Waals surface area contributed by atoms with Crippen LogP contribution < -0.4 is 11.1 Å². The van der Waals surface area contributed by atoms with Gasteiger partial charge in [-0.15, -0.1) is 0 Å². The van der Waals surface area contributed by atoms with Crippen LogP contribution in [-0.4, -0.2) is 65.3 Å². The largest absolute Gasteiger partial charge is 0.370 e. The van der Waals surface area contributed by atoms with E-state index < -0.39 is 5.54 Å². The molecule has 3 heterocycles. The molecule has 0 bridgehead atoms. The Morgan fingerprint density at radius 1 is 1.12 bits per heavy atom. The number of aliphatic imine (C=N–C) groups is 1. The molecule has 3 N–H and O–H groups in total. The maximum atomic E-state index is 13.0. The Hall–Kier alpha value is -1.63. The van der Waals surface area contributed by atoms with Crippen LogP contribution >= 0.6 is 0 Å². The fraction of sp³-hybridized carbons (Fsp3) is 0.833. The Bertz CT molecular complexity index is 576. The molecule has 2 saturated heterocycles. The molecule has 25 heavy (non-hydrogen) atoms. The summed E-state index contributed by atoms with van der Waals surface area (Å²) in [6.07, 6.45) is 8.51. The highest BCUT2D eigenvalue weighted by molar-refractivity contribution is 6.06. The lowest BCUT2D eigenvalue weighted by Gasteiger charge is -2.40. The van der Waals surface area contributed by atoms with Gasteiger partial charge in [0.05, 0.1) is 5.92 Å². The van der Waals surface area contributed by atoms with Crippen LogP contribution in [-0.2, 0) is 9.59 Å². The Balaban J connectivity index is 1.35. The zero-order chi connectivity index (χ0) is 17.4. The predicted octanol–water partition coefficient (Wildman–Crippen LogP) is 0.447. The third-order valence-corrected chi connectivity index (χ3v) is 6.54. The maximum Gasteiger partial charge on any atom is 0.254 e. The van der Waals surface area contributed by atoms with Gasteiger partial charge in [0.2, 0.25) is 5.91 Å². The molecule has 0 radical (unpaired) electrons. The molecule has 2 amide bonds. The summed E-state index contributed by atoms with van der Waals surface area (Å²) in [7, 11) is 0. The summed E-state index contributed by atoms with van der Waals surface area (Å²) in [4.78, 5) is 33.9. The second-order valence-electron chi connectivity index (χ2n) is 8.08. The molecule has 3 aliphatic heterocycles. The Kier molecular flexibility index (Phi) is 4.43. The van der Waals surface area contributed by atoms with Gasteiger partial charge < -0.3 is 10.6 Å². The number of piperidine rings is 2. The van der Waals surface area contributed by atoms with Gasteiger partial charge in [0, 0.05) is 25.7 Å². The van der Waals surface area contributed by atoms with E-state index in [4.69, 9.17) is 5.73 Å². The van der Waals surface area contributed by atoms with Gasteiger partial charge in [-0.05, 0) is 45.1 Å². The van der Waals surface area contributed by atoms with Crippen molar-refractivity contribution < 1.29 is 9.59 Å². The molecule has 7 heteroatoms. The first-order chi connectivity index (χ1) is 12.1. The molecule has 4 aliphatic rings. The molecule has 1 unspecified atom stereocenters. The predicted molar refractivity (Wildman–Crippen MR) is 94.9 cm³/mol. The molecule has 7 nitrogen and oxygen atoms in total. The van der Waals surface area contributed by atoms with Crippen LogP contribution in [0.15, 0.2) is 4.99 Å². The van der Waals surface area contributed by atoms with Crippen molar-refractivity contribution in [3.8, 4) is 0 Å². The normalized spacial score (nSPS) is 30.6. The van der Waals surface area contributed by atoms with Gasteiger partial charge in [0.25, 0.3) is 5.91 Å². The van der Waals surface area contributed by atoms with Crippen LogP contribution in [0.25, 0.3) is 0 Å². The van der Waals surface area contributed by atoms with Crippen LogP contribution in [0.5, 0.6) is 0 Å². The van der Waals surface area contributed by atoms with Crippen molar-refractivity contribution in [3.63, 3.8) is 0 Å². The van der Waals surface area contributed by atoms with Gasteiger partial charge in [-0.3, -0.25) is 19.8 Å². The molecule has 0 aromatic rings. The van der Waals surface area contributed by atoms with Crippen molar-refractivity contribution in [1.29, 1.82) is 0 Å². The number of carbonyl (C=O) groups is 2. The highest BCUT2D eigenvalue weighted by Crippen LogP contribution is 2.32. The third-order valence-electron chi connectivity index (χ3n) is 6.54. The zero-order valence-corrected chi connectivity index (χ0v) is 14.9. The van der Waals surface area contributed by atoms with Crippen LogP contribution in [0.1, 0.15) is 51.4 Å². The number of likely N-dealkylation sites (tertiary alicyclic amines) is 2. The van der Waals surface area contributed by atoms with E-state index in [0.717, 1.165) is 25.9 Å².